The lowest BCUT2D eigenvalue weighted by Crippen LogP contribution is -2.22. The zero-order valence-corrected chi connectivity index (χ0v) is 13.4. The smallest absolute Gasteiger partial charge is 0.316 e. The predicted molar refractivity (Wildman–Crippen MR) is 80.6 cm³/mol. The maximum Gasteiger partial charge on any atom is 0.316 e. The molecule has 2 rings (SSSR count). The first-order chi connectivity index (χ1) is 9.90. The van der Waals surface area contributed by atoms with E-state index in [1.807, 2.05) is 6.92 Å². The van der Waals surface area contributed by atoms with Crippen molar-refractivity contribution >= 4 is 21.8 Å². The van der Waals surface area contributed by atoms with Crippen molar-refractivity contribution in [1.82, 2.24) is 8.96 Å². The Kier molecular flexibility index (Phi) is 4.38. The average Bonchev–Trinajstić information content (AvgIpc) is 2.47. The van der Waals surface area contributed by atoms with Crippen LogP contribution in [0.3, 0.4) is 0 Å². The number of methoxy groups -OCH3 is 1. The van der Waals surface area contributed by atoms with E-state index in [1.54, 1.807) is 18.4 Å². The summed E-state index contributed by atoms with van der Waals surface area (Å²) in [6.07, 6.45) is 2.80. The summed E-state index contributed by atoms with van der Waals surface area (Å²) in [6.45, 7) is 1.87. The lowest BCUT2D eigenvalue weighted by atomic mass is 10.2. The van der Waals surface area contributed by atoms with Crippen LogP contribution < -0.4 is 10.3 Å². The Morgan fingerprint density at radius 1 is 1.24 bits per heavy atom. The molecule has 1 aromatic carbocycles. The van der Waals surface area contributed by atoms with E-state index in [-0.39, 0.29) is 15.8 Å². The minimum absolute atomic E-state index is 0.0846. The van der Waals surface area contributed by atoms with Crippen molar-refractivity contribution in [3.8, 4) is 5.75 Å². The lowest BCUT2D eigenvalue weighted by Gasteiger charge is -2.13. The lowest BCUT2D eigenvalue weighted by molar-refractivity contribution is 0.402. The molecule has 0 unspecified atom stereocenters. The van der Waals surface area contributed by atoms with Crippen molar-refractivity contribution in [2.24, 2.45) is 0 Å². The van der Waals surface area contributed by atoms with Crippen LogP contribution in [-0.2, 0) is 10.0 Å². The molecule has 2 aromatic rings. The summed E-state index contributed by atoms with van der Waals surface area (Å²) in [5.41, 5.74) is 0.354. The summed E-state index contributed by atoms with van der Waals surface area (Å²) in [7, 11) is -2.54. The summed E-state index contributed by atoms with van der Waals surface area (Å²) in [6, 6.07) is 6.44. The number of thioether (sulfide) groups is 1. The van der Waals surface area contributed by atoms with Crippen LogP contribution in [0, 0.1) is 6.92 Å². The Morgan fingerprint density at radius 2 is 1.86 bits per heavy atom. The molecule has 0 saturated carbocycles. The molecule has 0 aliphatic carbocycles. The Hall–Kier alpha value is -1.80. The largest absolute Gasteiger partial charge is 0.490 e. The molecule has 6 nitrogen and oxygen atoms in total. The molecule has 0 radical (unpaired) electrons. The van der Waals surface area contributed by atoms with Crippen LogP contribution in [0.15, 0.2) is 45.3 Å². The predicted octanol–water partition coefficient (Wildman–Crippen LogP) is 1.52. The molecule has 0 spiro atoms. The molecule has 0 saturated heterocycles. The quantitative estimate of drug-likeness (QED) is 0.626. The fourth-order valence-corrected chi connectivity index (χ4v) is 3.79. The van der Waals surface area contributed by atoms with Crippen LogP contribution >= 0.6 is 11.8 Å². The zero-order chi connectivity index (χ0) is 15.6. The number of aromatic nitrogens is 2. The first kappa shape index (κ1) is 15.6. The molecule has 0 N–H and O–H groups in total. The van der Waals surface area contributed by atoms with E-state index in [9.17, 15) is 13.2 Å². The van der Waals surface area contributed by atoms with Gasteiger partial charge in [0.15, 0.2) is 5.16 Å². The molecule has 1 heterocycles. The van der Waals surface area contributed by atoms with E-state index < -0.39 is 15.6 Å². The van der Waals surface area contributed by atoms with Crippen LogP contribution in [0.25, 0.3) is 0 Å². The van der Waals surface area contributed by atoms with Gasteiger partial charge in [0.05, 0.1) is 18.2 Å². The van der Waals surface area contributed by atoms with Gasteiger partial charge in [0.1, 0.15) is 0 Å². The van der Waals surface area contributed by atoms with E-state index in [2.05, 4.69) is 4.98 Å². The van der Waals surface area contributed by atoms with Gasteiger partial charge in [0.25, 0.3) is 10.0 Å². The van der Waals surface area contributed by atoms with Gasteiger partial charge in [-0.2, -0.15) is 4.98 Å². The Morgan fingerprint density at radius 3 is 2.38 bits per heavy atom. The normalized spacial score (nSPS) is 11.4. The van der Waals surface area contributed by atoms with Gasteiger partial charge in [0.2, 0.25) is 5.75 Å². The van der Waals surface area contributed by atoms with Crippen LogP contribution in [0.4, 0.5) is 0 Å². The summed E-state index contributed by atoms with van der Waals surface area (Å²) in [5, 5.41) is 0.0846. The molecule has 1 aromatic heterocycles. The maximum atomic E-state index is 12.7. The van der Waals surface area contributed by atoms with E-state index in [1.165, 1.54) is 19.2 Å². The number of rotatable bonds is 4. The summed E-state index contributed by atoms with van der Waals surface area (Å²) < 4.78 is 31.1. The van der Waals surface area contributed by atoms with Crippen molar-refractivity contribution in [2.45, 2.75) is 17.0 Å². The molecule has 0 aliphatic rings. The number of hydrogen-bond acceptors (Lipinski definition) is 6. The molecule has 112 valence electrons. The Bertz CT molecular complexity index is 811. The summed E-state index contributed by atoms with van der Waals surface area (Å²) in [4.78, 5) is 15.5. The van der Waals surface area contributed by atoms with Gasteiger partial charge in [0, 0.05) is 0 Å². The topological polar surface area (TPSA) is 78.3 Å². The maximum absolute atomic E-state index is 12.7. The van der Waals surface area contributed by atoms with Gasteiger partial charge < -0.3 is 4.74 Å². The first-order valence-electron chi connectivity index (χ1n) is 5.94. The molecule has 0 fully saturated rings. The zero-order valence-electron chi connectivity index (χ0n) is 11.7. The molecule has 0 bridgehead atoms. The van der Waals surface area contributed by atoms with Crippen molar-refractivity contribution in [3.05, 3.63) is 46.4 Å². The van der Waals surface area contributed by atoms with Gasteiger partial charge in [-0.3, -0.25) is 4.79 Å². The minimum atomic E-state index is -3.83. The minimum Gasteiger partial charge on any atom is -0.490 e. The van der Waals surface area contributed by atoms with Gasteiger partial charge >= 0.3 is 5.56 Å². The van der Waals surface area contributed by atoms with E-state index in [0.29, 0.717) is 0 Å². The van der Waals surface area contributed by atoms with Crippen molar-refractivity contribution < 1.29 is 13.2 Å². The molecular weight excluding hydrogens is 312 g/mol. The number of ether oxygens (including phenoxy) is 1. The van der Waals surface area contributed by atoms with Crippen LogP contribution in [0.2, 0.25) is 0 Å². The third-order valence-corrected chi connectivity index (χ3v) is 5.24. The van der Waals surface area contributed by atoms with Crippen LogP contribution in [-0.4, -0.2) is 30.7 Å². The van der Waals surface area contributed by atoms with E-state index >= 15 is 0 Å². The number of hydrogen-bond donors (Lipinski definition) is 0. The SMILES string of the molecule is COc1cn(S(=O)(=O)c2ccc(C)cc2)c(SC)nc1=O. The van der Waals surface area contributed by atoms with Crippen molar-refractivity contribution in [3.63, 3.8) is 0 Å². The summed E-state index contributed by atoms with van der Waals surface area (Å²) >= 11 is 1.07. The fraction of sp³-hybridized carbons (Fsp3) is 0.231. The highest BCUT2D eigenvalue weighted by atomic mass is 32.2. The number of benzene rings is 1. The number of aryl methyl sites for hydroxylation is 1. The second-order valence-electron chi connectivity index (χ2n) is 4.22. The molecule has 21 heavy (non-hydrogen) atoms. The van der Waals surface area contributed by atoms with E-state index in [0.717, 1.165) is 27.5 Å². The van der Waals surface area contributed by atoms with Gasteiger partial charge in [-0.05, 0) is 25.3 Å². The number of nitrogens with zero attached hydrogens (tertiary/aromatic N) is 2. The summed E-state index contributed by atoms with van der Waals surface area (Å²) in [5.74, 6) is -0.122. The van der Waals surface area contributed by atoms with Crippen molar-refractivity contribution in [1.29, 1.82) is 0 Å². The Balaban J connectivity index is 2.69. The highest BCUT2D eigenvalue weighted by molar-refractivity contribution is 7.99. The molecule has 0 atom stereocenters. The van der Waals surface area contributed by atoms with Crippen molar-refractivity contribution in [2.75, 3.05) is 13.4 Å². The van der Waals surface area contributed by atoms with Crippen LogP contribution in [0.5, 0.6) is 5.75 Å². The third kappa shape index (κ3) is 2.96. The second-order valence-corrected chi connectivity index (χ2v) is 6.80. The van der Waals surface area contributed by atoms with Crippen LogP contribution in [0.1, 0.15) is 5.56 Å². The Labute approximate surface area is 126 Å². The first-order valence-corrected chi connectivity index (χ1v) is 8.60. The molecule has 0 amide bonds. The van der Waals surface area contributed by atoms with E-state index in [4.69, 9.17) is 4.74 Å². The standard InChI is InChI=1S/C13H14N2O4S2/c1-9-4-6-10(7-5-9)21(17,18)15-8-11(19-2)12(16)14-13(15)20-3/h4-8H,1-3H3. The molecular formula is C13H14N2O4S2. The average molecular weight is 326 g/mol. The molecule has 0 aliphatic heterocycles. The second kappa shape index (κ2) is 5.90. The van der Waals surface area contributed by atoms with Gasteiger partial charge in [-0.25, -0.2) is 12.4 Å². The fourth-order valence-electron chi connectivity index (χ4n) is 1.68. The molecule has 8 heteroatoms. The van der Waals surface area contributed by atoms with Gasteiger partial charge in [-0.15, -0.1) is 0 Å². The monoisotopic (exact) mass is 326 g/mol. The van der Waals surface area contributed by atoms with Gasteiger partial charge in [-0.1, -0.05) is 29.5 Å². The highest BCUT2D eigenvalue weighted by Gasteiger charge is 2.21. The third-order valence-electron chi connectivity index (χ3n) is 2.81. The highest BCUT2D eigenvalue weighted by Crippen LogP contribution is 2.21.